The Morgan fingerprint density at radius 2 is 2.26 bits per heavy atom. The van der Waals surface area contributed by atoms with Crippen molar-refractivity contribution in [3.63, 3.8) is 0 Å². The molecule has 19 heavy (non-hydrogen) atoms. The zero-order valence-electron chi connectivity index (χ0n) is 10.6. The molecular weight excluding hydrogens is 335 g/mol. The van der Waals surface area contributed by atoms with Gasteiger partial charge >= 0.3 is 0 Å². The second-order valence-corrected chi connectivity index (χ2v) is 5.68. The minimum atomic E-state index is -0.488. The Hall–Kier alpha value is -0.650. The molecule has 1 amide bonds. The van der Waals surface area contributed by atoms with Crippen LogP contribution in [0.3, 0.4) is 0 Å². The van der Waals surface area contributed by atoms with Gasteiger partial charge in [0.15, 0.2) is 0 Å². The van der Waals surface area contributed by atoms with E-state index in [-0.39, 0.29) is 29.9 Å². The lowest BCUT2D eigenvalue weighted by atomic mass is 10.1. The van der Waals surface area contributed by atoms with E-state index in [0.717, 1.165) is 6.42 Å². The number of carbonyl (C=O) groups excluding carboxylic acids is 1. The van der Waals surface area contributed by atoms with Crippen LogP contribution in [0.5, 0.6) is 0 Å². The standard InChI is InChI=1S/C13H16BrFN2O.ClH/c1-8-4-9(6-16)7-17(8)13(18)11-3-2-10(14)5-12(11)15;/h2-3,5,8-9H,4,6-7,16H2,1H3;1H. The predicted octanol–water partition coefficient (Wildman–Crippen LogP) is 2.82. The highest BCUT2D eigenvalue weighted by Gasteiger charge is 2.32. The van der Waals surface area contributed by atoms with Gasteiger partial charge < -0.3 is 10.6 Å². The molecule has 3 nitrogen and oxygen atoms in total. The van der Waals surface area contributed by atoms with Crippen LogP contribution in [0.15, 0.2) is 22.7 Å². The van der Waals surface area contributed by atoms with Crippen LogP contribution < -0.4 is 5.73 Å². The molecule has 1 aliphatic rings. The van der Waals surface area contributed by atoms with Crippen molar-refractivity contribution in [1.29, 1.82) is 0 Å². The van der Waals surface area contributed by atoms with E-state index in [0.29, 0.717) is 23.5 Å². The summed E-state index contributed by atoms with van der Waals surface area (Å²) in [5.74, 6) is -0.413. The number of carbonyl (C=O) groups is 1. The van der Waals surface area contributed by atoms with Gasteiger partial charge in [0.1, 0.15) is 5.82 Å². The molecular formula is C13H17BrClFN2O. The van der Waals surface area contributed by atoms with Crippen LogP contribution in [0.25, 0.3) is 0 Å². The van der Waals surface area contributed by atoms with Crippen LogP contribution in [0.4, 0.5) is 4.39 Å². The highest BCUT2D eigenvalue weighted by Crippen LogP contribution is 2.25. The van der Waals surface area contributed by atoms with Crippen molar-refractivity contribution in [3.05, 3.63) is 34.1 Å². The number of benzene rings is 1. The number of likely N-dealkylation sites (tertiary alicyclic amines) is 1. The summed E-state index contributed by atoms with van der Waals surface area (Å²) < 4.78 is 14.4. The molecule has 6 heteroatoms. The summed E-state index contributed by atoms with van der Waals surface area (Å²) >= 11 is 3.18. The molecule has 2 atom stereocenters. The van der Waals surface area contributed by atoms with Crippen LogP contribution in [-0.4, -0.2) is 29.9 Å². The Bertz CT molecular complexity index is 472. The number of hydrogen-bond acceptors (Lipinski definition) is 2. The van der Waals surface area contributed by atoms with Crippen LogP contribution >= 0.6 is 28.3 Å². The van der Waals surface area contributed by atoms with Gasteiger partial charge in [0.25, 0.3) is 5.91 Å². The molecule has 2 N–H and O–H groups in total. The SMILES string of the molecule is CC1CC(CN)CN1C(=O)c1ccc(Br)cc1F.Cl. The summed E-state index contributed by atoms with van der Waals surface area (Å²) in [6.45, 7) is 3.16. The van der Waals surface area contributed by atoms with Crippen molar-refractivity contribution in [2.75, 3.05) is 13.1 Å². The van der Waals surface area contributed by atoms with Crippen LogP contribution in [-0.2, 0) is 0 Å². The van der Waals surface area contributed by atoms with Gasteiger partial charge in [-0.25, -0.2) is 4.39 Å². The van der Waals surface area contributed by atoms with E-state index >= 15 is 0 Å². The summed E-state index contributed by atoms with van der Waals surface area (Å²) in [5, 5.41) is 0. The van der Waals surface area contributed by atoms with Gasteiger partial charge in [-0.3, -0.25) is 4.79 Å². The number of halogens is 3. The summed E-state index contributed by atoms with van der Waals surface area (Å²) in [4.78, 5) is 14.0. The van der Waals surface area contributed by atoms with Crippen molar-refractivity contribution in [2.45, 2.75) is 19.4 Å². The zero-order chi connectivity index (χ0) is 13.3. The highest BCUT2D eigenvalue weighted by atomic mass is 79.9. The highest BCUT2D eigenvalue weighted by molar-refractivity contribution is 9.10. The van der Waals surface area contributed by atoms with E-state index < -0.39 is 5.82 Å². The first-order valence-electron chi connectivity index (χ1n) is 5.99. The molecule has 0 radical (unpaired) electrons. The van der Waals surface area contributed by atoms with E-state index in [1.165, 1.54) is 12.1 Å². The summed E-state index contributed by atoms with van der Waals surface area (Å²) in [7, 11) is 0. The molecule has 1 aliphatic heterocycles. The fourth-order valence-corrected chi connectivity index (χ4v) is 2.75. The lowest BCUT2D eigenvalue weighted by molar-refractivity contribution is 0.0738. The van der Waals surface area contributed by atoms with E-state index in [9.17, 15) is 9.18 Å². The Labute approximate surface area is 126 Å². The molecule has 1 aromatic rings. The summed E-state index contributed by atoms with van der Waals surface area (Å²) in [5.41, 5.74) is 5.76. The molecule has 0 saturated carbocycles. The molecule has 1 heterocycles. The van der Waals surface area contributed by atoms with Crippen LogP contribution in [0.2, 0.25) is 0 Å². The van der Waals surface area contributed by atoms with Crippen molar-refractivity contribution >= 4 is 34.2 Å². The smallest absolute Gasteiger partial charge is 0.257 e. The van der Waals surface area contributed by atoms with Gasteiger partial charge in [0, 0.05) is 17.1 Å². The average Bonchev–Trinajstić information content (AvgIpc) is 2.70. The largest absolute Gasteiger partial charge is 0.336 e. The number of nitrogens with zero attached hydrogens (tertiary/aromatic N) is 1. The van der Waals surface area contributed by atoms with Crippen LogP contribution in [0.1, 0.15) is 23.7 Å². The molecule has 0 aromatic heterocycles. The monoisotopic (exact) mass is 350 g/mol. The quantitative estimate of drug-likeness (QED) is 0.890. The molecule has 2 rings (SSSR count). The van der Waals surface area contributed by atoms with Crippen molar-refractivity contribution in [2.24, 2.45) is 11.7 Å². The first-order chi connectivity index (χ1) is 8.52. The third-order valence-electron chi connectivity index (χ3n) is 3.42. The molecule has 0 aliphatic carbocycles. The lowest BCUT2D eigenvalue weighted by Crippen LogP contribution is -2.35. The number of rotatable bonds is 2. The van der Waals surface area contributed by atoms with Crippen molar-refractivity contribution in [3.8, 4) is 0 Å². The zero-order valence-corrected chi connectivity index (χ0v) is 13.0. The second kappa shape index (κ2) is 6.68. The maximum absolute atomic E-state index is 13.8. The Morgan fingerprint density at radius 1 is 1.58 bits per heavy atom. The summed E-state index contributed by atoms with van der Waals surface area (Å²) in [6.07, 6.45) is 0.889. The van der Waals surface area contributed by atoms with Crippen molar-refractivity contribution < 1.29 is 9.18 Å². The average molecular weight is 352 g/mol. The van der Waals surface area contributed by atoms with Gasteiger partial charge in [-0.05, 0) is 44.0 Å². The first-order valence-corrected chi connectivity index (χ1v) is 6.78. The molecule has 1 saturated heterocycles. The van der Waals surface area contributed by atoms with Gasteiger partial charge in [0.2, 0.25) is 0 Å². The summed E-state index contributed by atoms with van der Waals surface area (Å²) in [6, 6.07) is 4.63. The van der Waals surface area contributed by atoms with Gasteiger partial charge in [0.05, 0.1) is 5.56 Å². The van der Waals surface area contributed by atoms with E-state index in [1.807, 2.05) is 6.92 Å². The third kappa shape index (κ3) is 3.46. The fourth-order valence-electron chi connectivity index (χ4n) is 2.41. The molecule has 2 unspecified atom stereocenters. The molecule has 106 valence electrons. The first kappa shape index (κ1) is 16.4. The van der Waals surface area contributed by atoms with Gasteiger partial charge in [-0.15, -0.1) is 12.4 Å². The van der Waals surface area contributed by atoms with Gasteiger partial charge in [-0.2, -0.15) is 0 Å². The van der Waals surface area contributed by atoms with E-state index in [2.05, 4.69) is 15.9 Å². The Morgan fingerprint density at radius 3 is 2.79 bits per heavy atom. The molecule has 1 aromatic carbocycles. The number of hydrogen-bond donors (Lipinski definition) is 1. The number of nitrogens with two attached hydrogens (primary N) is 1. The minimum Gasteiger partial charge on any atom is -0.336 e. The Balaban J connectivity index is 0.00000180. The maximum atomic E-state index is 13.8. The van der Waals surface area contributed by atoms with E-state index in [1.54, 1.807) is 11.0 Å². The molecule has 1 fully saturated rings. The molecule has 0 bridgehead atoms. The molecule has 0 spiro atoms. The second-order valence-electron chi connectivity index (χ2n) is 4.77. The normalized spacial score (nSPS) is 22.2. The van der Waals surface area contributed by atoms with Crippen molar-refractivity contribution in [1.82, 2.24) is 4.90 Å². The van der Waals surface area contributed by atoms with Gasteiger partial charge in [-0.1, -0.05) is 15.9 Å². The topological polar surface area (TPSA) is 46.3 Å². The predicted molar refractivity (Wildman–Crippen MR) is 79.0 cm³/mol. The van der Waals surface area contributed by atoms with Crippen LogP contribution in [0, 0.1) is 11.7 Å². The maximum Gasteiger partial charge on any atom is 0.257 e. The lowest BCUT2D eigenvalue weighted by Gasteiger charge is -2.21. The van der Waals surface area contributed by atoms with E-state index in [4.69, 9.17) is 5.73 Å². The number of amides is 1. The minimum absolute atomic E-state index is 0. The third-order valence-corrected chi connectivity index (χ3v) is 3.91. The fraction of sp³-hybridized carbons (Fsp3) is 0.462. The Kier molecular flexibility index (Phi) is 5.77.